The highest BCUT2D eigenvalue weighted by Gasteiger charge is 2.27. The van der Waals surface area contributed by atoms with Crippen molar-refractivity contribution >= 4 is 0 Å². The molecule has 0 heterocycles. The van der Waals surface area contributed by atoms with Crippen LogP contribution in [0.3, 0.4) is 0 Å². The minimum Gasteiger partial charge on any atom is -0.388 e. The van der Waals surface area contributed by atoms with Gasteiger partial charge in [0.15, 0.2) is 0 Å². The van der Waals surface area contributed by atoms with Gasteiger partial charge in [-0.1, -0.05) is 6.58 Å². The third kappa shape index (κ3) is 1.04. The van der Waals surface area contributed by atoms with Gasteiger partial charge >= 0.3 is 0 Å². The predicted molar refractivity (Wildman–Crippen MR) is 45.3 cm³/mol. The fourth-order valence-corrected chi connectivity index (χ4v) is 2.18. The quantitative estimate of drug-likeness (QED) is 0.561. The third-order valence-corrected chi connectivity index (χ3v) is 2.78. The topological polar surface area (TPSA) is 20.2 Å². The molecule has 1 nitrogen and oxygen atoms in total. The molecule has 11 heavy (non-hydrogen) atoms. The largest absolute Gasteiger partial charge is 0.388 e. The van der Waals surface area contributed by atoms with E-state index in [1.807, 2.05) is 0 Å². The van der Waals surface area contributed by atoms with Gasteiger partial charge in [0.25, 0.3) is 0 Å². The molecule has 0 amide bonds. The van der Waals surface area contributed by atoms with E-state index in [0.29, 0.717) is 0 Å². The molecule has 0 radical (unpaired) electrons. The maximum Gasteiger partial charge on any atom is 0.0796 e. The van der Waals surface area contributed by atoms with Crippen LogP contribution in [0.25, 0.3) is 0 Å². The highest BCUT2D eigenvalue weighted by Crippen LogP contribution is 2.39. The van der Waals surface area contributed by atoms with E-state index in [2.05, 4.69) is 6.58 Å². The van der Waals surface area contributed by atoms with Crippen LogP contribution in [-0.4, -0.2) is 11.2 Å². The number of allylic oxidation sites excluding steroid dienone is 1. The molecule has 0 spiro atoms. The SMILES string of the molecule is C=C1CC(O)C2=C1CCCC2. The summed E-state index contributed by atoms with van der Waals surface area (Å²) in [6.07, 6.45) is 5.41. The summed E-state index contributed by atoms with van der Waals surface area (Å²) >= 11 is 0. The van der Waals surface area contributed by atoms with Gasteiger partial charge in [-0.15, -0.1) is 0 Å². The van der Waals surface area contributed by atoms with Crippen LogP contribution in [0.5, 0.6) is 0 Å². The van der Waals surface area contributed by atoms with Crippen LogP contribution >= 0.6 is 0 Å². The highest BCUT2D eigenvalue weighted by molar-refractivity contribution is 5.43. The summed E-state index contributed by atoms with van der Waals surface area (Å²) in [7, 11) is 0. The summed E-state index contributed by atoms with van der Waals surface area (Å²) in [5.74, 6) is 0. The molecular weight excluding hydrogens is 136 g/mol. The van der Waals surface area contributed by atoms with Crippen molar-refractivity contribution in [1.82, 2.24) is 0 Å². The molecule has 0 aromatic carbocycles. The van der Waals surface area contributed by atoms with Gasteiger partial charge in [-0.25, -0.2) is 0 Å². The Balaban J connectivity index is 2.32. The van der Waals surface area contributed by atoms with Gasteiger partial charge in [0.1, 0.15) is 0 Å². The first-order valence-corrected chi connectivity index (χ1v) is 4.37. The highest BCUT2D eigenvalue weighted by atomic mass is 16.3. The van der Waals surface area contributed by atoms with E-state index in [0.717, 1.165) is 19.3 Å². The lowest BCUT2D eigenvalue weighted by Gasteiger charge is -2.15. The van der Waals surface area contributed by atoms with Gasteiger partial charge in [-0.05, 0) is 42.4 Å². The van der Waals surface area contributed by atoms with Crippen molar-refractivity contribution in [1.29, 1.82) is 0 Å². The van der Waals surface area contributed by atoms with Crippen LogP contribution < -0.4 is 0 Å². The number of hydrogen-bond donors (Lipinski definition) is 1. The molecule has 2 aliphatic rings. The molecule has 0 aliphatic heterocycles. The van der Waals surface area contributed by atoms with Crippen LogP contribution in [0.2, 0.25) is 0 Å². The van der Waals surface area contributed by atoms with Crippen LogP contribution in [0.15, 0.2) is 23.3 Å². The number of hydrogen-bond acceptors (Lipinski definition) is 1. The van der Waals surface area contributed by atoms with Crippen molar-refractivity contribution in [3.05, 3.63) is 23.3 Å². The Labute approximate surface area is 67.4 Å². The fourth-order valence-electron chi connectivity index (χ4n) is 2.18. The van der Waals surface area contributed by atoms with Crippen molar-refractivity contribution < 1.29 is 5.11 Å². The molecule has 0 bridgehead atoms. The maximum absolute atomic E-state index is 9.58. The normalized spacial score (nSPS) is 31.0. The summed E-state index contributed by atoms with van der Waals surface area (Å²) in [6, 6.07) is 0. The molecule has 2 rings (SSSR count). The lowest BCUT2D eigenvalue weighted by Crippen LogP contribution is -2.06. The molecule has 60 valence electrons. The summed E-state index contributed by atoms with van der Waals surface area (Å²) < 4.78 is 0. The van der Waals surface area contributed by atoms with E-state index >= 15 is 0 Å². The fraction of sp³-hybridized carbons (Fsp3) is 0.600. The van der Waals surface area contributed by atoms with Crippen LogP contribution in [0.1, 0.15) is 32.1 Å². The number of rotatable bonds is 0. The molecule has 1 atom stereocenters. The Kier molecular flexibility index (Phi) is 1.61. The molecule has 1 unspecified atom stereocenters. The van der Waals surface area contributed by atoms with Gasteiger partial charge in [0.2, 0.25) is 0 Å². The predicted octanol–water partition coefficient (Wildman–Crippen LogP) is 2.18. The van der Waals surface area contributed by atoms with Gasteiger partial charge in [0.05, 0.1) is 6.10 Å². The Morgan fingerprint density at radius 1 is 1.27 bits per heavy atom. The van der Waals surface area contributed by atoms with Gasteiger partial charge < -0.3 is 5.11 Å². The van der Waals surface area contributed by atoms with Crippen molar-refractivity contribution in [3.8, 4) is 0 Å². The summed E-state index contributed by atoms with van der Waals surface area (Å²) in [4.78, 5) is 0. The zero-order valence-corrected chi connectivity index (χ0v) is 6.77. The average molecular weight is 150 g/mol. The standard InChI is InChI=1S/C10H14O/c1-7-6-10(11)9-5-3-2-4-8(7)9/h10-11H,1-6H2. The monoisotopic (exact) mass is 150 g/mol. The van der Waals surface area contributed by atoms with Gasteiger partial charge in [0, 0.05) is 6.42 Å². The van der Waals surface area contributed by atoms with E-state index < -0.39 is 0 Å². The minimum atomic E-state index is -0.183. The summed E-state index contributed by atoms with van der Waals surface area (Å²) in [5, 5.41) is 9.58. The molecular formula is C10H14O. The maximum atomic E-state index is 9.58. The van der Waals surface area contributed by atoms with E-state index in [4.69, 9.17) is 0 Å². The summed E-state index contributed by atoms with van der Waals surface area (Å²) in [6.45, 7) is 3.97. The van der Waals surface area contributed by atoms with Crippen LogP contribution in [0.4, 0.5) is 0 Å². The second-order valence-electron chi connectivity index (χ2n) is 3.53. The first-order chi connectivity index (χ1) is 5.29. The van der Waals surface area contributed by atoms with Crippen LogP contribution in [-0.2, 0) is 0 Å². The number of aliphatic hydroxyl groups excluding tert-OH is 1. The Morgan fingerprint density at radius 2 is 2.00 bits per heavy atom. The average Bonchev–Trinajstić information content (AvgIpc) is 2.30. The molecule has 0 aromatic heterocycles. The first kappa shape index (κ1) is 7.11. The molecule has 0 aromatic rings. The zero-order valence-electron chi connectivity index (χ0n) is 6.77. The second-order valence-corrected chi connectivity index (χ2v) is 3.53. The molecule has 1 heteroatoms. The van der Waals surface area contributed by atoms with Crippen molar-refractivity contribution in [2.75, 3.05) is 0 Å². The lowest BCUT2D eigenvalue weighted by molar-refractivity contribution is 0.213. The summed E-state index contributed by atoms with van der Waals surface area (Å²) in [5.41, 5.74) is 3.87. The van der Waals surface area contributed by atoms with E-state index in [1.165, 1.54) is 29.6 Å². The van der Waals surface area contributed by atoms with E-state index in [-0.39, 0.29) is 6.10 Å². The molecule has 0 saturated carbocycles. The minimum absolute atomic E-state index is 0.183. The van der Waals surface area contributed by atoms with Crippen LogP contribution in [0, 0.1) is 0 Å². The second kappa shape index (κ2) is 2.49. The lowest BCUT2D eigenvalue weighted by atomic mass is 9.92. The van der Waals surface area contributed by atoms with Crippen molar-refractivity contribution in [2.24, 2.45) is 0 Å². The third-order valence-electron chi connectivity index (χ3n) is 2.78. The first-order valence-electron chi connectivity index (χ1n) is 4.37. The Bertz CT molecular complexity index is 225. The Hall–Kier alpha value is -0.560. The molecule has 2 aliphatic carbocycles. The van der Waals surface area contributed by atoms with E-state index in [9.17, 15) is 5.11 Å². The van der Waals surface area contributed by atoms with E-state index in [1.54, 1.807) is 0 Å². The Morgan fingerprint density at radius 3 is 2.73 bits per heavy atom. The zero-order chi connectivity index (χ0) is 7.84. The number of aliphatic hydroxyl groups is 1. The molecule has 0 saturated heterocycles. The van der Waals surface area contributed by atoms with Gasteiger partial charge in [-0.2, -0.15) is 0 Å². The molecule has 1 N–H and O–H groups in total. The van der Waals surface area contributed by atoms with Crippen molar-refractivity contribution in [2.45, 2.75) is 38.2 Å². The molecule has 0 fully saturated rings. The smallest absolute Gasteiger partial charge is 0.0796 e. The van der Waals surface area contributed by atoms with Gasteiger partial charge in [-0.3, -0.25) is 0 Å². The van der Waals surface area contributed by atoms with Crippen molar-refractivity contribution in [3.63, 3.8) is 0 Å².